The summed E-state index contributed by atoms with van der Waals surface area (Å²) in [6.07, 6.45) is 0. The summed E-state index contributed by atoms with van der Waals surface area (Å²) in [4.78, 5) is 47.8. The molecule has 0 aromatic carbocycles. The Bertz CT molecular complexity index is 349. The van der Waals surface area contributed by atoms with Gasteiger partial charge in [0.15, 0.2) is 13.2 Å². The fraction of sp³-hybridized carbons (Fsp3) is 1.00. The minimum atomic E-state index is -1.89. The van der Waals surface area contributed by atoms with Crippen molar-refractivity contribution in [1.29, 1.82) is 0 Å². The molecule has 0 aromatic heterocycles. The molecule has 2 atom stereocenters. The van der Waals surface area contributed by atoms with Crippen molar-refractivity contribution in [2.24, 2.45) is 11.5 Å². The van der Waals surface area contributed by atoms with E-state index in [1.165, 1.54) is 0 Å². The lowest BCUT2D eigenvalue weighted by atomic mass is 10.3. The van der Waals surface area contributed by atoms with Gasteiger partial charge in [-0.1, -0.05) is 0 Å². The second-order valence-electron chi connectivity index (χ2n) is 4.03. The maximum atomic E-state index is 11.2. The zero-order valence-corrected chi connectivity index (χ0v) is 10.6. The van der Waals surface area contributed by atoms with Gasteiger partial charge in [-0.05, 0) is 13.8 Å². The summed E-state index contributed by atoms with van der Waals surface area (Å²) < 4.78 is 0. The molecule has 2 unspecified atom stereocenters. The first-order chi connectivity index (χ1) is 8.93. The summed E-state index contributed by atoms with van der Waals surface area (Å²) in [6, 6.07) is 0. The van der Waals surface area contributed by atoms with Crippen molar-refractivity contribution in [3.8, 4) is 0 Å². The van der Waals surface area contributed by atoms with E-state index in [4.69, 9.17) is 11.5 Å². The molecule has 0 bridgehead atoms. The molecular formula is C6H14N5O9+. The Morgan fingerprint density at radius 3 is 1.45 bits per heavy atom. The van der Waals surface area contributed by atoms with Crippen LogP contribution in [0.25, 0.3) is 0 Å². The van der Waals surface area contributed by atoms with Gasteiger partial charge < -0.3 is 9.68 Å². The van der Waals surface area contributed by atoms with Gasteiger partial charge in [0.1, 0.15) is 4.91 Å². The van der Waals surface area contributed by atoms with Gasteiger partial charge in [0.25, 0.3) is 21.6 Å². The highest BCUT2D eigenvalue weighted by Crippen LogP contribution is 2.08. The SMILES string of the molecule is CC(N)(CO[N+](=O)[O-])O[N+](=O)OC(C)(N)CO[N+](=O)[O-]. The smallest absolute Gasteiger partial charge is 0.308 e. The van der Waals surface area contributed by atoms with E-state index in [9.17, 15) is 25.1 Å². The minimum Gasteiger partial charge on any atom is -0.308 e. The van der Waals surface area contributed by atoms with Crippen molar-refractivity contribution >= 4 is 0 Å². The Kier molecular flexibility index (Phi) is 5.80. The molecule has 0 saturated carbocycles. The van der Waals surface area contributed by atoms with E-state index in [1.807, 2.05) is 0 Å². The van der Waals surface area contributed by atoms with Gasteiger partial charge in [0, 0.05) is 0 Å². The van der Waals surface area contributed by atoms with E-state index < -0.39 is 39.9 Å². The quantitative estimate of drug-likeness (QED) is 0.267. The van der Waals surface area contributed by atoms with Crippen LogP contribution in [0.5, 0.6) is 0 Å². The van der Waals surface area contributed by atoms with Gasteiger partial charge in [0.2, 0.25) is 0 Å². The molecular weight excluding hydrogens is 286 g/mol. The van der Waals surface area contributed by atoms with Crippen LogP contribution in [0.1, 0.15) is 13.8 Å². The molecule has 0 aliphatic carbocycles. The summed E-state index contributed by atoms with van der Waals surface area (Å²) >= 11 is 0. The first-order valence-corrected chi connectivity index (χ1v) is 4.91. The maximum absolute atomic E-state index is 11.2. The van der Waals surface area contributed by atoms with Crippen LogP contribution in [0, 0.1) is 25.1 Å². The third-order valence-electron chi connectivity index (χ3n) is 1.48. The molecule has 0 spiro atoms. The number of hydrogen-bond donors (Lipinski definition) is 2. The van der Waals surface area contributed by atoms with E-state index in [-0.39, 0.29) is 0 Å². The number of rotatable bonds is 10. The lowest BCUT2D eigenvalue weighted by molar-refractivity contribution is -1.01. The van der Waals surface area contributed by atoms with Gasteiger partial charge in [-0.3, -0.25) is 11.5 Å². The number of nitrogens with zero attached hydrogens (tertiary/aromatic N) is 3. The zero-order chi connectivity index (χ0) is 16.0. The summed E-state index contributed by atoms with van der Waals surface area (Å²) in [5, 5.41) is 17.1. The zero-order valence-electron chi connectivity index (χ0n) is 10.6. The molecule has 20 heavy (non-hydrogen) atoms. The van der Waals surface area contributed by atoms with Gasteiger partial charge >= 0.3 is 5.09 Å². The third kappa shape index (κ3) is 8.59. The molecule has 116 valence electrons. The fourth-order valence-corrected chi connectivity index (χ4v) is 0.774. The van der Waals surface area contributed by atoms with Crippen LogP contribution in [0.15, 0.2) is 0 Å². The molecule has 14 heteroatoms. The predicted molar refractivity (Wildman–Crippen MR) is 56.9 cm³/mol. The number of hydrogen-bond acceptors (Lipinski definition) is 11. The lowest BCUT2D eigenvalue weighted by Crippen LogP contribution is -2.51. The topological polar surface area (TPSA) is 195 Å². The molecule has 0 aliphatic heterocycles. The van der Waals surface area contributed by atoms with Crippen LogP contribution in [-0.4, -0.2) is 39.9 Å². The van der Waals surface area contributed by atoms with Gasteiger partial charge in [0.05, 0.1) is 0 Å². The van der Waals surface area contributed by atoms with Crippen molar-refractivity contribution in [3.05, 3.63) is 25.1 Å². The standard InChI is InChI=1S/C6H14N5O9/c1-5(7,3-17-9(12)13)19-11(16)20-6(2,8)4-18-10(14)15/h3-4,7-8H2,1-2H3/q+1. The molecule has 4 N–H and O–H groups in total. The molecule has 0 fully saturated rings. The highest BCUT2D eigenvalue weighted by Gasteiger charge is 2.39. The van der Waals surface area contributed by atoms with E-state index >= 15 is 0 Å². The Morgan fingerprint density at radius 2 is 1.20 bits per heavy atom. The second-order valence-corrected chi connectivity index (χ2v) is 4.03. The van der Waals surface area contributed by atoms with Crippen LogP contribution in [0.2, 0.25) is 0 Å². The van der Waals surface area contributed by atoms with E-state index in [0.717, 1.165) is 13.8 Å². The van der Waals surface area contributed by atoms with Crippen LogP contribution in [0.3, 0.4) is 0 Å². The van der Waals surface area contributed by atoms with Gasteiger partial charge in [-0.25, -0.2) is 0 Å². The monoisotopic (exact) mass is 300 g/mol. The van der Waals surface area contributed by atoms with Crippen molar-refractivity contribution in [2.75, 3.05) is 13.2 Å². The van der Waals surface area contributed by atoms with Crippen molar-refractivity contribution in [2.45, 2.75) is 25.3 Å². The van der Waals surface area contributed by atoms with Crippen LogP contribution in [-0.2, 0) is 19.4 Å². The van der Waals surface area contributed by atoms with E-state index in [1.54, 1.807) is 0 Å². The number of nitrogens with two attached hydrogens (primary N) is 2. The third-order valence-corrected chi connectivity index (χ3v) is 1.48. The molecule has 0 aliphatic rings. The van der Waals surface area contributed by atoms with Crippen LogP contribution < -0.4 is 11.5 Å². The predicted octanol–water partition coefficient (Wildman–Crippen LogP) is -1.61. The molecule has 14 nitrogen and oxygen atoms in total. The lowest BCUT2D eigenvalue weighted by Gasteiger charge is -2.18. The largest absolute Gasteiger partial charge is 0.481 e. The van der Waals surface area contributed by atoms with Crippen molar-refractivity contribution < 1.29 is 34.6 Å². The van der Waals surface area contributed by atoms with Crippen molar-refractivity contribution in [1.82, 2.24) is 0 Å². The summed E-state index contributed by atoms with van der Waals surface area (Å²) in [5.74, 6) is 0. The Morgan fingerprint density at radius 1 is 0.900 bits per heavy atom. The Balaban J connectivity index is 4.32. The Hall–Kier alpha value is -2.48. The minimum absolute atomic E-state index is 0.549. The van der Waals surface area contributed by atoms with E-state index in [0.29, 0.717) is 0 Å². The average Bonchev–Trinajstić information content (AvgIpc) is 2.22. The molecule has 0 aromatic rings. The Labute approximate surface area is 111 Å². The molecule has 0 saturated heterocycles. The van der Waals surface area contributed by atoms with E-state index in [2.05, 4.69) is 19.4 Å². The first kappa shape index (κ1) is 17.5. The molecule has 0 rings (SSSR count). The summed E-state index contributed by atoms with van der Waals surface area (Å²) in [5.41, 5.74) is 6.92. The second kappa shape index (κ2) is 6.62. The first-order valence-electron chi connectivity index (χ1n) is 4.91. The van der Waals surface area contributed by atoms with Crippen LogP contribution >= 0.6 is 0 Å². The van der Waals surface area contributed by atoms with Crippen LogP contribution in [0.4, 0.5) is 0 Å². The fourth-order valence-electron chi connectivity index (χ4n) is 0.774. The summed E-state index contributed by atoms with van der Waals surface area (Å²) in [6.45, 7) is 0.641. The summed E-state index contributed by atoms with van der Waals surface area (Å²) in [7, 11) is 0. The van der Waals surface area contributed by atoms with Gasteiger partial charge in [-0.2, -0.15) is 9.68 Å². The average molecular weight is 300 g/mol. The molecule has 0 amide bonds. The molecule has 0 radical (unpaired) electrons. The maximum Gasteiger partial charge on any atom is 0.481 e. The normalized spacial score (nSPS) is 16.2. The van der Waals surface area contributed by atoms with Crippen molar-refractivity contribution in [3.63, 3.8) is 0 Å². The highest BCUT2D eigenvalue weighted by molar-refractivity contribution is 4.62. The highest BCUT2D eigenvalue weighted by atomic mass is 17.0. The van der Waals surface area contributed by atoms with Gasteiger partial charge in [-0.15, -0.1) is 20.2 Å². The molecule has 0 heterocycles.